The summed E-state index contributed by atoms with van der Waals surface area (Å²) in [6.45, 7) is 4.30. The molecule has 0 aliphatic heterocycles. The van der Waals surface area contributed by atoms with Crippen molar-refractivity contribution in [3.05, 3.63) is 65.9 Å². The van der Waals surface area contributed by atoms with E-state index in [9.17, 15) is 4.79 Å². The van der Waals surface area contributed by atoms with E-state index in [1.807, 2.05) is 37.3 Å². The molecule has 148 valence electrons. The SMILES string of the molecule is CCOc1cccc2c1cc(C(=O)NCCOC)n2CCCc1ccccc1. The van der Waals surface area contributed by atoms with Gasteiger partial charge in [0.25, 0.3) is 5.91 Å². The van der Waals surface area contributed by atoms with Crippen LogP contribution in [0.4, 0.5) is 0 Å². The average molecular weight is 380 g/mol. The summed E-state index contributed by atoms with van der Waals surface area (Å²) >= 11 is 0. The zero-order valence-electron chi connectivity index (χ0n) is 16.6. The van der Waals surface area contributed by atoms with Crippen LogP contribution >= 0.6 is 0 Å². The molecule has 1 N–H and O–H groups in total. The summed E-state index contributed by atoms with van der Waals surface area (Å²) in [4.78, 5) is 12.8. The Morgan fingerprint density at radius 3 is 2.68 bits per heavy atom. The number of nitrogens with zero attached hydrogens (tertiary/aromatic N) is 1. The number of hydrogen-bond acceptors (Lipinski definition) is 3. The Morgan fingerprint density at radius 1 is 1.11 bits per heavy atom. The molecule has 0 radical (unpaired) electrons. The van der Waals surface area contributed by atoms with Gasteiger partial charge in [-0.25, -0.2) is 0 Å². The van der Waals surface area contributed by atoms with Gasteiger partial charge in [0.2, 0.25) is 0 Å². The van der Waals surface area contributed by atoms with Crippen LogP contribution < -0.4 is 10.1 Å². The molecule has 3 aromatic rings. The summed E-state index contributed by atoms with van der Waals surface area (Å²) in [5, 5.41) is 3.91. The number of ether oxygens (including phenoxy) is 2. The molecular weight excluding hydrogens is 352 g/mol. The van der Waals surface area contributed by atoms with Crippen LogP contribution in [-0.2, 0) is 17.7 Å². The summed E-state index contributed by atoms with van der Waals surface area (Å²) in [6.07, 6.45) is 1.92. The number of aryl methyl sites for hydroxylation is 2. The third-order valence-corrected chi connectivity index (χ3v) is 4.72. The van der Waals surface area contributed by atoms with Gasteiger partial charge in [0.15, 0.2) is 0 Å². The third kappa shape index (κ3) is 4.73. The monoisotopic (exact) mass is 380 g/mol. The molecule has 0 aliphatic carbocycles. The van der Waals surface area contributed by atoms with E-state index in [0.717, 1.165) is 36.0 Å². The highest BCUT2D eigenvalue weighted by molar-refractivity contribution is 6.00. The maximum absolute atomic E-state index is 12.8. The summed E-state index contributed by atoms with van der Waals surface area (Å²) in [5.41, 5.74) is 2.99. The van der Waals surface area contributed by atoms with E-state index in [2.05, 4.69) is 34.1 Å². The predicted octanol–water partition coefficient (Wildman–Crippen LogP) is 4.05. The summed E-state index contributed by atoms with van der Waals surface area (Å²) in [7, 11) is 1.63. The molecule has 28 heavy (non-hydrogen) atoms. The van der Waals surface area contributed by atoms with Gasteiger partial charge in [-0.15, -0.1) is 0 Å². The van der Waals surface area contributed by atoms with Gasteiger partial charge >= 0.3 is 0 Å². The van der Waals surface area contributed by atoms with Crippen LogP contribution in [0.2, 0.25) is 0 Å². The average Bonchev–Trinajstić information content (AvgIpc) is 3.09. The standard InChI is InChI=1S/C23H28N2O3/c1-3-28-22-13-7-12-20-19(22)17-21(23(26)24-14-16-27-2)25(20)15-8-11-18-9-5-4-6-10-18/h4-7,9-10,12-13,17H,3,8,11,14-16H2,1-2H3,(H,24,26). The highest BCUT2D eigenvalue weighted by atomic mass is 16.5. The van der Waals surface area contributed by atoms with Crippen LogP contribution in [0.15, 0.2) is 54.6 Å². The molecule has 5 nitrogen and oxygen atoms in total. The number of amides is 1. The second-order valence-corrected chi connectivity index (χ2v) is 6.64. The first-order chi connectivity index (χ1) is 13.7. The lowest BCUT2D eigenvalue weighted by atomic mass is 10.1. The Bertz CT molecular complexity index is 903. The Hall–Kier alpha value is -2.79. The van der Waals surface area contributed by atoms with E-state index in [0.29, 0.717) is 25.5 Å². The number of methoxy groups -OCH3 is 1. The number of carbonyl (C=O) groups excluding carboxylic acids is 1. The van der Waals surface area contributed by atoms with Gasteiger partial charge < -0.3 is 19.4 Å². The predicted molar refractivity (Wildman–Crippen MR) is 112 cm³/mol. The lowest BCUT2D eigenvalue weighted by Gasteiger charge is -2.12. The van der Waals surface area contributed by atoms with Gasteiger partial charge in [0.1, 0.15) is 11.4 Å². The Morgan fingerprint density at radius 2 is 1.93 bits per heavy atom. The quantitative estimate of drug-likeness (QED) is 0.540. The first kappa shape index (κ1) is 20.0. The smallest absolute Gasteiger partial charge is 0.268 e. The van der Waals surface area contributed by atoms with Crippen LogP contribution in [0.1, 0.15) is 29.4 Å². The number of rotatable bonds is 10. The molecule has 5 heteroatoms. The number of fused-ring (bicyclic) bond motifs is 1. The Balaban J connectivity index is 1.86. The molecule has 0 saturated carbocycles. The van der Waals surface area contributed by atoms with Crippen molar-refractivity contribution in [1.82, 2.24) is 9.88 Å². The van der Waals surface area contributed by atoms with Gasteiger partial charge in [-0.05, 0) is 43.5 Å². The lowest BCUT2D eigenvalue weighted by Crippen LogP contribution is -2.29. The normalized spacial score (nSPS) is 10.9. The maximum atomic E-state index is 12.8. The zero-order chi connectivity index (χ0) is 19.8. The summed E-state index contributed by atoms with van der Waals surface area (Å²) < 4.78 is 12.9. The number of nitrogens with one attached hydrogen (secondary N) is 1. The molecule has 0 spiro atoms. The van der Waals surface area contributed by atoms with E-state index in [1.54, 1.807) is 7.11 Å². The van der Waals surface area contributed by atoms with Crippen molar-refractivity contribution in [2.75, 3.05) is 26.9 Å². The largest absolute Gasteiger partial charge is 0.493 e. The Labute approximate surface area is 166 Å². The minimum atomic E-state index is -0.0876. The topological polar surface area (TPSA) is 52.5 Å². The van der Waals surface area contributed by atoms with Crippen LogP contribution in [0.5, 0.6) is 5.75 Å². The van der Waals surface area contributed by atoms with Crippen molar-refractivity contribution in [2.24, 2.45) is 0 Å². The first-order valence-corrected chi connectivity index (χ1v) is 9.80. The first-order valence-electron chi connectivity index (χ1n) is 9.80. The molecule has 0 aliphatic rings. The van der Waals surface area contributed by atoms with Crippen LogP contribution in [-0.4, -0.2) is 37.3 Å². The minimum Gasteiger partial charge on any atom is -0.493 e. The molecule has 1 amide bonds. The van der Waals surface area contributed by atoms with E-state index in [1.165, 1.54) is 5.56 Å². The molecule has 0 unspecified atom stereocenters. The van der Waals surface area contributed by atoms with Gasteiger partial charge in [0.05, 0.1) is 18.7 Å². The molecule has 1 heterocycles. The van der Waals surface area contributed by atoms with Crippen LogP contribution in [0.25, 0.3) is 10.9 Å². The van der Waals surface area contributed by atoms with Crippen molar-refractivity contribution in [2.45, 2.75) is 26.3 Å². The summed E-state index contributed by atoms with van der Waals surface area (Å²) in [5.74, 6) is 0.725. The second kappa shape index (κ2) is 9.95. The number of aromatic nitrogens is 1. The number of carbonyl (C=O) groups is 1. The van der Waals surface area contributed by atoms with Crippen molar-refractivity contribution in [1.29, 1.82) is 0 Å². The van der Waals surface area contributed by atoms with Gasteiger partial charge in [-0.2, -0.15) is 0 Å². The van der Waals surface area contributed by atoms with Crippen molar-refractivity contribution in [3.8, 4) is 5.75 Å². The molecule has 0 fully saturated rings. The van der Waals surface area contributed by atoms with E-state index < -0.39 is 0 Å². The molecule has 0 bridgehead atoms. The van der Waals surface area contributed by atoms with E-state index >= 15 is 0 Å². The fourth-order valence-corrected chi connectivity index (χ4v) is 3.41. The highest BCUT2D eigenvalue weighted by Gasteiger charge is 2.17. The second-order valence-electron chi connectivity index (χ2n) is 6.64. The van der Waals surface area contributed by atoms with E-state index in [4.69, 9.17) is 9.47 Å². The zero-order valence-corrected chi connectivity index (χ0v) is 16.6. The van der Waals surface area contributed by atoms with Crippen molar-refractivity contribution >= 4 is 16.8 Å². The molecule has 0 atom stereocenters. The third-order valence-electron chi connectivity index (χ3n) is 4.72. The molecular formula is C23H28N2O3. The van der Waals surface area contributed by atoms with Gasteiger partial charge in [0, 0.05) is 25.6 Å². The highest BCUT2D eigenvalue weighted by Crippen LogP contribution is 2.29. The van der Waals surface area contributed by atoms with Gasteiger partial charge in [-0.1, -0.05) is 36.4 Å². The molecule has 0 saturated heterocycles. The number of benzene rings is 2. The fraction of sp³-hybridized carbons (Fsp3) is 0.348. The molecule has 3 rings (SSSR count). The minimum absolute atomic E-state index is 0.0876. The van der Waals surface area contributed by atoms with Crippen LogP contribution in [0, 0.1) is 0 Å². The van der Waals surface area contributed by atoms with Crippen molar-refractivity contribution < 1.29 is 14.3 Å². The van der Waals surface area contributed by atoms with Crippen LogP contribution in [0.3, 0.4) is 0 Å². The number of hydrogen-bond donors (Lipinski definition) is 1. The Kier molecular flexibility index (Phi) is 7.09. The fourth-order valence-electron chi connectivity index (χ4n) is 3.41. The molecule has 1 aromatic heterocycles. The maximum Gasteiger partial charge on any atom is 0.268 e. The molecule has 2 aromatic carbocycles. The van der Waals surface area contributed by atoms with Crippen molar-refractivity contribution in [3.63, 3.8) is 0 Å². The van der Waals surface area contributed by atoms with E-state index in [-0.39, 0.29) is 5.91 Å². The lowest BCUT2D eigenvalue weighted by molar-refractivity contribution is 0.0928. The van der Waals surface area contributed by atoms with Gasteiger partial charge in [-0.3, -0.25) is 4.79 Å². The summed E-state index contributed by atoms with van der Waals surface area (Å²) in [6, 6.07) is 18.3.